The molecule has 0 heterocycles. The molecule has 164 valence electrons. The average Bonchev–Trinajstić information content (AvgIpc) is 2.81. The van der Waals surface area contributed by atoms with Crippen LogP contribution in [0.4, 0.5) is 0 Å². The maximum atomic E-state index is 5.89. The van der Waals surface area contributed by atoms with Crippen molar-refractivity contribution in [1.82, 2.24) is 0 Å². The van der Waals surface area contributed by atoms with Gasteiger partial charge in [-0.2, -0.15) is 0 Å². The van der Waals surface area contributed by atoms with Gasteiger partial charge < -0.3 is 4.74 Å². The molecular formula is C29H42O. The van der Waals surface area contributed by atoms with Crippen LogP contribution in [0.2, 0.25) is 0 Å². The minimum absolute atomic E-state index is 0.605. The van der Waals surface area contributed by atoms with Gasteiger partial charge in [0.2, 0.25) is 0 Å². The van der Waals surface area contributed by atoms with Crippen molar-refractivity contribution in [3.05, 3.63) is 54.1 Å². The van der Waals surface area contributed by atoms with Crippen molar-refractivity contribution >= 4 is 0 Å². The van der Waals surface area contributed by atoms with E-state index in [-0.39, 0.29) is 0 Å². The molecule has 0 saturated heterocycles. The highest BCUT2D eigenvalue weighted by Gasteiger charge is 2.22. The fraction of sp³-hybridized carbons (Fsp3) is 0.586. The van der Waals surface area contributed by atoms with Gasteiger partial charge in [0, 0.05) is 0 Å². The quantitative estimate of drug-likeness (QED) is 0.338. The summed E-state index contributed by atoms with van der Waals surface area (Å²) in [6.07, 6.45) is 13.9. The van der Waals surface area contributed by atoms with E-state index < -0.39 is 0 Å². The van der Waals surface area contributed by atoms with E-state index in [4.69, 9.17) is 4.74 Å². The Labute approximate surface area is 185 Å². The van der Waals surface area contributed by atoms with Gasteiger partial charge in [0.1, 0.15) is 5.75 Å². The van der Waals surface area contributed by atoms with E-state index in [1.165, 1.54) is 74.5 Å². The van der Waals surface area contributed by atoms with Crippen LogP contribution in [0.3, 0.4) is 0 Å². The van der Waals surface area contributed by atoms with E-state index in [1.807, 2.05) is 0 Å². The van der Waals surface area contributed by atoms with Crippen molar-refractivity contribution in [2.75, 3.05) is 6.61 Å². The van der Waals surface area contributed by atoms with Gasteiger partial charge in [-0.25, -0.2) is 0 Å². The van der Waals surface area contributed by atoms with Gasteiger partial charge in [-0.1, -0.05) is 95.7 Å². The van der Waals surface area contributed by atoms with Crippen LogP contribution < -0.4 is 4.74 Å². The summed E-state index contributed by atoms with van der Waals surface area (Å²) >= 11 is 0. The molecule has 1 nitrogen and oxygen atoms in total. The lowest BCUT2D eigenvalue weighted by molar-refractivity contribution is 0.256. The number of benzene rings is 2. The molecule has 2 aromatic carbocycles. The standard InChI is InChI=1S/C29H42O/c1-4-6-7-8-9-24-10-12-25(13-11-24)26-14-16-27(17-15-26)28-18-20-29(21-19-28)30-22-23(3)5-2/h14-21,23-25H,4-13,22H2,1-3H3. The highest BCUT2D eigenvalue weighted by Crippen LogP contribution is 2.38. The van der Waals surface area contributed by atoms with Crippen LogP contribution in [-0.4, -0.2) is 6.61 Å². The Morgan fingerprint density at radius 1 is 0.800 bits per heavy atom. The van der Waals surface area contributed by atoms with E-state index >= 15 is 0 Å². The second kappa shape index (κ2) is 12.2. The molecule has 0 aliphatic heterocycles. The molecular weight excluding hydrogens is 364 g/mol. The first-order valence-electron chi connectivity index (χ1n) is 12.5. The second-order valence-electron chi connectivity index (χ2n) is 9.54. The van der Waals surface area contributed by atoms with Crippen LogP contribution in [0, 0.1) is 11.8 Å². The van der Waals surface area contributed by atoms with Crippen molar-refractivity contribution in [2.24, 2.45) is 11.8 Å². The van der Waals surface area contributed by atoms with Crippen molar-refractivity contribution in [3.8, 4) is 16.9 Å². The summed E-state index contributed by atoms with van der Waals surface area (Å²) in [5.41, 5.74) is 4.11. The van der Waals surface area contributed by atoms with Crippen LogP contribution >= 0.6 is 0 Å². The van der Waals surface area contributed by atoms with Crippen LogP contribution in [0.15, 0.2) is 48.5 Å². The summed E-state index contributed by atoms with van der Waals surface area (Å²) in [6.45, 7) is 7.54. The van der Waals surface area contributed by atoms with E-state index in [9.17, 15) is 0 Å². The zero-order chi connectivity index (χ0) is 21.2. The Morgan fingerprint density at radius 2 is 1.43 bits per heavy atom. The Bertz CT molecular complexity index is 707. The molecule has 0 bridgehead atoms. The van der Waals surface area contributed by atoms with E-state index in [2.05, 4.69) is 69.3 Å². The van der Waals surface area contributed by atoms with Crippen LogP contribution in [-0.2, 0) is 0 Å². The smallest absolute Gasteiger partial charge is 0.119 e. The molecule has 0 amide bonds. The van der Waals surface area contributed by atoms with Crippen molar-refractivity contribution < 1.29 is 4.74 Å². The minimum Gasteiger partial charge on any atom is -0.493 e. The van der Waals surface area contributed by atoms with Crippen molar-refractivity contribution in [2.45, 2.75) is 90.9 Å². The molecule has 30 heavy (non-hydrogen) atoms. The summed E-state index contributed by atoms with van der Waals surface area (Å²) in [5, 5.41) is 0. The molecule has 1 unspecified atom stereocenters. The summed E-state index contributed by atoms with van der Waals surface area (Å²) in [4.78, 5) is 0. The van der Waals surface area contributed by atoms with Gasteiger partial charge in [-0.05, 0) is 72.3 Å². The molecule has 0 aromatic heterocycles. The first-order valence-corrected chi connectivity index (χ1v) is 12.5. The molecule has 1 atom stereocenters. The summed E-state index contributed by atoms with van der Waals surface area (Å²) in [6, 6.07) is 17.9. The molecule has 3 rings (SSSR count). The topological polar surface area (TPSA) is 9.23 Å². The lowest BCUT2D eigenvalue weighted by Crippen LogP contribution is -2.13. The fourth-order valence-corrected chi connectivity index (χ4v) is 4.69. The van der Waals surface area contributed by atoms with Gasteiger partial charge >= 0.3 is 0 Å². The lowest BCUT2D eigenvalue weighted by Gasteiger charge is -2.29. The first-order chi connectivity index (χ1) is 14.7. The first kappa shape index (κ1) is 22.9. The predicted octanol–water partition coefficient (Wildman–Crippen LogP) is 9.02. The third-order valence-corrected chi connectivity index (χ3v) is 7.11. The third-order valence-electron chi connectivity index (χ3n) is 7.11. The Hall–Kier alpha value is -1.76. The Balaban J connectivity index is 1.48. The van der Waals surface area contributed by atoms with E-state index in [0.29, 0.717) is 5.92 Å². The summed E-state index contributed by atoms with van der Waals surface area (Å²) in [7, 11) is 0. The number of unbranched alkanes of at least 4 members (excludes halogenated alkanes) is 3. The Kier molecular flexibility index (Phi) is 9.30. The summed E-state index contributed by atoms with van der Waals surface area (Å²) in [5.74, 6) is 3.33. The number of hydrogen-bond acceptors (Lipinski definition) is 1. The molecule has 2 aromatic rings. The third kappa shape index (κ3) is 6.89. The molecule has 1 saturated carbocycles. The number of ether oxygens (including phenoxy) is 1. The summed E-state index contributed by atoms with van der Waals surface area (Å²) < 4.78 is 5.89. The largest absolute Gasteiger partial charge is 0.493 e. The van der Waals surface area contributed by atoms with Crippen LogP contribution in [0.1, 0.15) is 96.5 Å². The molecule has 0 spiro atoms. The second-order valence-corrected chi connectivity index (χ2v) is 9.54. The highest BCUT2D eigenvalue weighted by molar-refractivity contribution is 5.64. The average molecular weight is 407 g/mol. The van der Waals surface area contributed by atoms with Gasteiger partial charge in [-0.15, -0.1) is 0 Å². The van der Waals surface area contributed by atoms with Crippen LogP contribution in [0.5, 0.6) is 5.75 Å². The van der Waals surface area contributed by atoms with Crippen LogP contribution in [0.25, 0.3) is 11.1 Å². The molecule has 0 N–H and O–H groups in total. The molecule has 1 aliphatic rings. The molecule has 0 radical (unpaired) electrons. The molecule has 1 heteroatoms. The zero-order valence-corrected chi connectivity index (χ0v) is 19.5. The van der Waals surface area contributed by atoms with Crippen molar-refractivity contribution in [3.63, 3.8) is 0 Å². The fourth-order valence-electron chi connectivity index (χ4n) is 4.69. The monoisotopic (exact) mass is 406 g/mol. The lowest BCUT2D eigenvalue weighted by atomic mass is 9.77. The maximum Gasteiger partial charge on any atom is 0.119 e. The van der Waals surface area contributed by atoms with Gasteiger partial charge in [0.05, 0.1) is 6.61 Å². The SMILES string of the molecule is CCCCCCC1CCC(c2ccc(-c3ccc(OCC(C)CC)cc3)cc2)CC1. The van der Waals surface area contributed by atoms with Crippen molar-refractivity contribution in [1.29, 1.82) is 0 Å². The predicted molar refractivity (Wildman–Crippen MR) is 130 cm³/mol. The zero-order valence-electron chi connectivity index (χ0n) is 19.5. The van der Waals surface area contributed by atoms with Gasteiger partial charge in [-0.3, -0.25) is 0 Å². The Morgan fingerprint density at radius 3 is 2.03 bits per heavy atom. The molecule has 1 fully saturated rings. The van der Waals surface area contributed by atoms with E-state index in [1.54, 1.807) is 0 Å². The van der Waals surface area contributed by atoms with Gasteiger partial charge in [0.25, 0.3) is 0 Å². The van der Waals surface area contributed by atoms with E-state index in [0.717, 1.165) is 30.6 Å². The van der Waals surface area contributed by atoms with Gasteiger partial charge in [0.15, 0.2) is 0 Å². The maximum absolute atomic E-state index is 5.89. The normalized spacial score (nSPS) is 20.1. The number of rotatable bonds is 11. The highest BCUT2D eigenvalue weighted by atomic mass is 16.5. The molecule has 1 aliphatic carbocycles. The minimum atomic E-state index is 0.605. The number of hydrogen-bond donors (Lipinski definition) is 0.